The standard InChI is InChI=1S/C19H33NO4/c1-4-6-7-8-9-18(22)20-13-12-17(16(5-2)14-20)24-19(23)11-10-15(3)21/h16-17H,4-14H2,1-3H3/t16-,17+/m1/s1. The molecule has 0 unspecified atom stereocenters. The molecule has 1 saturated heterocycles. The fourth-order valence-corrected chi connectivity index (χ4v) is 3.15. The highest BCUT2D eigenvalue weighted by molar-refractivity contribution is 5.81. The van der Waals surface area contributed by atoms with Gasteiger partial charge in [-0.15, -0.1) is 0 Å². The first-order valence-corrected chi connectivity index (χ1v) is 9.44. The summed E-state index contributed by atoms with van der Waals surface area (Å²) < 4.78 is 5.56. The minimum absolute atomic E-state index is 0.00230. The van der Waals surface area contributed by atoms with Crippen LogP contribution in [0.3, 0.4) is 0 Å². The van der Waals surface area contributed by atoms with Gasteiger partial charge in [-0.25, -0.2) is 0 Å². The van der Waals surface area contributed by atoms with Gasteiger partial charge >= 0.3 is 5.97 Å². The normalized spacial score (nSPS) is 20.7. The molecule has 0 bridgehead atoms. The first kappa shape index (κ1) is 20.7. The zero-order valence-corrected chi connectivity index (χ0v) is 15.5. The molecular formula is C19H33NO4. The summed E-state index contributed by atoms with van der Waals surface area (Å²) in [6, 6.07) is 0. The van der Waals surface area contributed by atoms with Crippen molar-refractivity contribution in [2.24, 2.45) is 5.92 Å². The summed E-state index contributed by atoms with van der Waals surface area (Å²) in [5.74, 6) is 0.126. The topological polar surface area (TPSA) is 63.7 Å². The number of piperidine rings is 1. The van der Waals surface area contributed by atoms with Crippen LogP contribution in [0.5, 0.6) is 0 Å². The third kappa shape index (κ3) is 7.45. The lowest BCUT2D eigenvalue weighted by Gasteiger charge is -2.37. The second-order valence-electron chi connectivity index (χ2n) is 6.84. The Bertz CT molecular complexity index is 422. The van der Waals surface area contributed by atoms with Gasteiger partial charge in [0.2, 0.25) is 5.91 Å². The molecule has 0 radical (unpaired) electrons. The first-order valence-electron chi connectivity index (χ1n) is 9.44. The molecule has 1 fully saturated rings. The zero-order valence-electron chi connectivity index (χ0n) is 15.5. The van der Waals surface area contributed by atoms with Crippen LogP contribution in [0, 0.1) is 5.92 Å². The number of carbonyl (C=O) groups is 3. The number of hydrogen-bond acceptors (Lipinski definition) is 4. The maximum Gasteiger partial charge on any atom is 0.306 e. The molecular weight excluding hydrogens is 306 g/mol. The summed E-state index contributed by atoms with van der Waals surface area (Å²) in [6.07, 6.45) is 6.91. The summed E-state index contributed by atoms with van der Waals surface area (Å²) in [5, 5.41) is 0. The zero-order chi connectivity index (χ0) is 17.9. The summed E-state index contributed by atoms with van der Waals surface area (Å²) in [6.45, 7) is 7.04. The Hall–Kier alpha value is -1.39. The summed E-state index contributed by atoms with van der Waals surface area (Å²) in [5.41, 5.74) is 0. The molecule has 1 rings (SSSR count). The van der Waals surface area contributed by atoms with E-state index in [1.807, 2.05) is 4.90 Å². The SMILES string of the molecule is CCCCCCC(=O)N1CC[C@H](OC(=O)CCC(C)=O)[C@H](CC)C1. The molecule has 1 aliphatic rings. The van der Waals surface area contributed by atoms with Gasteiger partial charge in [-0.05, 0) is 19.8 Å². The number of amides is 1. The molecule has 1 aliphatic heterocycles. The minimum atomic E-state index is -0.298. The third-order valence-corrected chi connectivity index (χ3v) is 4.75. The van der Waals surface area contributed by atoms with Gasteiger partial charge in [-0.3, -0.25) is 9.59 Å². The molecule has 0 aromatic rings. The molecule has 1 amide bonds. The van der Waals surface area contributed by atoms with Gasteiger partial charge in [0.05, 0.1) is 6.42 Å². The Morgan fingerprint density at radius 3 is 2.42 bits per heavy atom. The summed E-state index contributed by atoms with van der Waals surface area (Å²) in [4.78, 5) is 37.0. The number of unbranched alkanes of at least 4 members (excludes halogenated alkanes) is 3. The molecule has 1 heterocycles. The van der Waals surface area contributed by atoms with Crippen LogP contribution in [0.25, 0.3) is 0 Å². The van der Waals surface area contributed by atoms with E-state index in [2.05, 4.69) is 13.8 Å². The molecule has 5 heteroatoms. The lowest BCUT2D eigenvalue weighted by atomic mass is 9.91. The van der Waals surface area contributed by atoms with Crippen molar-refractivity contribution in [2.75, 3.05) is 13.1 Å². The van der Waals surface area contributed by atoms with E-state index in [0.29, 0.717) is 25.9 Å². The molecule has 0 N–H and O–H groups in total. The second-order valence-corrected chi connectivity index (χ2v) is 6.84. The Morgan fingerprint density at radius 2 is 1.79 bits per heavy atom. The van der Waals surface area contributed by atoms with E-state index in [4.69, 9.17) is 4.74 Å². The molecule has 138 valence electrons. The van der Waals surface area contributed by atoms with Crippen LogP contribution in [0.1, 0.15) is 78.6 Å². The van der Waals surface area contributed by atoms with Crippen LogP contribution in [-0.4, -0.2) is 41.8 Å². The second kappa shape index (κ2) is 11.2. The molecule has 0 aliphatic carbocycles. The summed E-state index contributed by atoms with van der Waals surface area (Å²) >= 11 is 0. The molecule has 0 aromatic heterocycles. The van der Waals surface area contributed by atoms with Gasteiger partial charge in [0.15, 0.2) is 0 Å². The summed E-state index contributed by atoms with van der Waals surface area (Å²) in [7, 11) is 0. The van der Waals surface area contributed by atoms with Crippen molar-refractivity contribution in [3.8, 4) is 0 Å². The van der Waals surface area contributed by atoms with E-state index in [9.17, 15) is 14.4 Å². The van der Waals surface area contributed by atoms with Gasteiger partial charge in [-0.2, -0.15) is 0 Å². The number of nitrogens with zero attached hydrogens (tertiary/aromatic N) is 1. The van der Waals surface area contributed by atoms with Crippen LogP contribution >= 0.6 is 0 Å². The van der Waals surface area contributed by atoms with Crippen LogP contribution in [0.2, 0.25) is 0 Å². The molecule has 5 nitrogen and oxygen atoms in total. The average Bonchev–Trinajstić information content (AvgIpc) is 2.57. The number of ether oxygens (including phenoxy) is 1. The van der Waals surface area contributed by atoms with Crippen molar-refractivity contribution in [3.05, 3.63) is 0 Å². The molecule has 0 aromatic carbocycles. The number of rotatable bonds is 10. The van der Waals surface area contributed by atoms with E-state index >= 15 is 0 Å². The van der Waals surface area contributed by atoms with Crippen molar-refractivity contribution in [1.29, 1.82) is 0 Å². The maximum absolute atomic E-state index is 12.3. The number of likely N-dealkylation sites (tertiary alicyclic amines) is 1. The molecule has 0 saturated carbocycles. The van der Waals surface area contributed by atoms with E-state index in [0.717, 1.165) is 19.3 Å². The van der Waals surface area contributed by atoms with Gasteiger partial charge in [0, 0.05) is 38.3 Å². The van der Waals surface area contributed by atoms with Crippen molar-refractivity contribution < 1.29 is 19.1 Å². The Kier molecular flexibility index (Phi) is 9.65. The highest BCUT2D eigenvalue weighted by Crippen LogP contribution is 2.24. The first-order chi connectivity index (χ1) is 11.5. The van der Waals surface area contributed by atoms with Crippen LogP contribution in [0.15, 0.2) is 0 Å². The lowest BCUT2D eigenvalue weighted by molar-refractivity contribution is -0.157. The third-order valence-electron chi connectivity index (χ3n) is 4.75. The van der Waals surface area contributed by atoms with Crippen LogP contribution in [0.4, 0.5) is 0 Å². The number of carbonyl (C=O) groups excluding carboxylic acids is 3. The van der Waals surface area contributed by atoms with E-state index < -0.39 is 0 Å². The smallest absolute Gasteiger partial charge is 0.306 e. The largest absolute Gasteiger partial charge is 0.462 e. The number of ketones is 1. The molecule has 0 spiro atoms. The Balaban J connectivity index is 2.40. The Morgan fingerprint density at radius 1 is 1.04 bits per heavy atom. The highest BCUT2D eigenvalue weighted by atomic mass is 16.5. The van der Waals surface area contributed by atoms with Crippen molar-refractivity contribution in [1.82, 2.24) is 4.90 Å². The molecule has 2 atom stereocenters. The highest BCUT2D eigenvalue weighted by Gasteiger charge is 2.32. The van der Waals surface area contributed by atoms with E-state index in [1.165, 1.54) is 19.8 Å². The minimum Gasteiger partial charge on any atom is -0.462 e. The monoisotopic (exact) mass is 339 g/mol. The predicted molar refractivity (Wildman–Crippen MR) is 93.5 cm³/mol. The van der Waals surface area contributed by atoms with Gasteiger partial charge in [0.25, 0.3) is 0 Å². The number of esters is 1. The van der Waals surface area contributed by atoms with Crippen LogP contribution < -0.4 is 0 Å². The average molecular weight is 339 g/mol. The van der Waals surface area contributed by atoms with Crippen molar-refractivity contribution in [2.45, 2.75) is 84.7 Å². The van der Waals surface area contributed by atoms with Gasteiger partial charge in [0.1, 0.15) is 11.9 Å². The Labute approximate surface area is 146 Å². The molecule has 24 heavy (non-hydrogen) atoms. The van der Waals surface area contributed by atoms with Crippen molar-refractivity contribution in [3.63, 3.8) is 0 Å². The lowest BCUT2D eigenvalue weighted by Crippen LogP contribution is -2.47. The maximum atomic E-state index is 12.3. The van der Waals surface area contributed by atoms with Gasteiger partial charge < -0.3 is 14.4 Å². The number of hydrogen-bond donors (Lipinski definition) is 0. The quantitative estimate of drug-likeness (QED) is 0.451. The van der Waals surface area contributed by atoms with Crippen LogP contribution in [-0.2, 0) is 19.1 Å². The van der Waals surface area contributed by atoms with E-state index in [1.54, 1.807) is 0 Å². The number of Topliss-reactive ketones (excluding diaryl/α,β-unsaturated/α-hetero) is 1. The fraction of sp³-hybridized carbons (Fsp3) is 0.842. The fourth-order valence-electron chi connectivity index (χ4n) is 3.15. The van der Waals surface area contributed by atoms with Crippen molar-refractivity contribution >= 4 is 17.7 Å². The van der Waals surface area contributed by atoms with E-state index in [-0.39, 0.29) is 42.5 Å². The van der Waals surface area contributed by atoms with Gasteiger partial charge in [-0.1, -0.05) is 33.1 Å². The predicted octanol–water partition coefficient (Wildman–Crippen LogP) is 3.50.